The number of carboxylic acid groups (broad SMARTS) is 1. The van der Waals surface area contributed by atoms with Gasteiger partial charge >= 0.3 is 5.97 Å². The number of hydrogen-bond acceptors (Lipinski definition) is 4. The van der Waals surface area contributed by atoms with E-state index in [0.717, 1.165) is 0 Å². The van der Waals surface area contributed by atoms with Gasteiger partial charge in [-0.1, -0.05) is 30.4 Å². The highest BCUT2D eigenvalue weighted by Gasteiger charge is 2.19. The van der Waals surface area contributed by atoms with E-state index in [1.165, 1.54) is 18.2 Å². The van der Waals surface area contributed by atoms with Crippen LogP contribution in [0.3, 0.4) is 0 Å². The van der Waals surface area contributed by atoms with Crippen LogP contribution in [0.25, 0.3) is 28.1 Å². The molecule has 1 atom stereocenters. The van der Waals surface area contributed by atoms with Crippen LogP contribution < -0.4 is 5.56 Å². The van der Waals surface area contributed by atoms with E-state index in [0.29, 0.717) is 27.6 Å². The Labute approximate surface area is 184 Å². The van der Waals surface area contributed by atoms with Gasteiger partial charge in [-0.05, 0) is 55.1 Å². The summed E-state index contributed by atoms with van der Waals surface area (Å²) in [6, 6.07) is 12.6. The second kappa shape index (κ2) is 9.70. The molecule has 0 saturated heterocycles. The van der Waals surface area contributed by atoms with Gasteiger partial charge in [0.15, 0.2) is 0 Å². The van der Waals surface area contributed by atoms with Crippen molar-refractivity contribution in [1.29, 1.82) is 0 Å². The molecule has 1 unspecified atom stereocenters. The topological polar surface area (TPSA) is 96.6 Å². The molecule has 166 valence electrons. The van der Waals surface area contributed by atoms with Crippen LogP contribution in [0.15, 0.2) is 59.4 Å². The lowest BCUT2D eigenvalue weighted by Gasteiger charge is -2.21. The Balaban J connectivity index is 2.21. The molecule has 0 aliphatic rings. The van der Waals surface area contributed by atoms with Crippen LogP contribution in [0, 0.1) is 5.82 Å². The number of aliphatic hydroxyl groups is 1. The number of fused-ring (bicyclic) bond motifs is 1. The van der Waals surface area contributed by atoms with E-state index in [9.17, 15) is 23.9 Å². The first-order valence-electron chi connectivity index (χ1n) is 10.2. The number of nitrogens with zero attached hydrogens (tertiary/aromatic N) is 1. The molecule has 0 bridgehead atoms. The fourth-order valence-electron chi connectivity index (χ4n) is 3.71. The Bertz CT molecular complexity index is 1240. The Morgan fingerprint density at radius 3 is 2.28 bits per heavy atom. The molecular weight excluding hydrogens is 413 g/mol. The van der Waals surface area contributed by atoms with Crippen molar-refractivity contribution in [3.63, 3.8) is 0 Å². The average Bonchev–Trinajstić information content (AvgIpc) is 2.72. The lowest BCUT2D eigenvalue weighted by molar-refractivity contribution is -0.140. The lowest BCUT2D eigenvalue weighted by atomic mass is 9.97. The lowest BCUT2D eigenvalue weighted by Crippen LogP contribution is -2.25. The van der Waals surface area contributed by atoms with Gasteiger partial charge in [-0.15, -0.1) is 0 Å². The van der Waals surface area contributed by atoms with Gasteiger partial charge in [0.25, 0.3) is 5.56 Å². The first-order valence-corrected chi connectivity index (χ1v) is 10.2. The number of carbonyl (C=O) groups excluding carboxylic acids is 1. The Morgan fingerprint density at radius 2 is 1.69 bits per heavy atom. The molecule has 0 fully saturated rings. The second-order valence-corrected chi connectivity index (χ2v) is 7.82. The molecule has 2 aromatic carbocycles. The summed E-state index contributed by atoms with van der Waals surface area (Å²) in [5, 5.41) is 20.1. The van der Waals surface area contributed by atoms with Crippen molar-refractivity contribution in [3.05, 3.63) is 76.3 Å². The standard InChI is InChI=1S/C25H24FNO5/c1-15(2)27-24(16-7-9-17(26)10-8-16)21(20-5-3-4-6-22(20)25(27)32)12-11-18(28)13-19(29)14-23(30)31/h3-12,15,18,28H,13-14H2,1-2H3,(H,30,31)/b12-11+. The SMILES string of the molecule is CC(C)n1c(-c2ccc(F)cc2)c(/C=C/C(O)CC(=O)CC(=O)O)c2ccccc2c1=O. The maximum Gasteiger partial charge on any atom is 0.310 e. The van der Waals surface area contributed by atoms with E-state index in [1.807, 2.05) is 13.8 Å². The van der Waals surface area contributed by atoms with Gasteiger partial charge in [0.1, 0.15) is 18.0 Å². The van der Waals surface area contributed by atoms with Crippen LogP contribution in [0.2, 0.25) is 0 Å². The molecule has 32 heavy (non-hydrogen) atoms. The van der Waals surface area contributed by atoms with Crippen molar-refractivity contribution >= 4 is 28.6 Å². The molecule has 2 N–H and O–H groups in total. The Hall–Kier alpha value is -3.58. The second-order valence-electron chi connectivity index (χ2n) is 7.82. The van der Waals surface area contributed by atoms with Crippen LogP contribution >= 0.6 is 0 Å². The fourth-order valence-corrected chi connectivity index (χ4v) is 3.71. The van der Waals surface area contributed by atoms with E-state index in [1.54, 1.807) is 47.0 Å². The number of benzene rings is 2. The summed E-state index contributed by atoms with van der Waals surface area (Å²) in [7, 11) is 0. The minimum absolute atomic E-state index is 0.191. The van der Waals surface area contributed by atoms with Crippen molar-refractivity contribution < 1.29 is 24.2 Å². The highest BCUT2D eigenvalue weighted by atomic mass is 19.1. The maximum absolute atomic E-state index is 13.6. The number of Topliss-reactive ketones (excluding diaryl/α,β-unsaturated/α-hetero) is 1. The van der Waals surface area contributed by atoms with Crippen molar-refractivity contribution in [2.45, 2.75) is 38.8 Å². The number of aromatic nitrogens is 1. The van der Waals surface area contributed by atoms with Crippen molar-refractivity contribution in [2.75, 3.05) is 0 Å². The number of halogens is 1. The number of aliphatic hydroxyl groups excluding tert-OH is 1. The predicted molar refractivity (Wildman–Crippen MR) is 121 cm³/mol. The number of aliphatic carboxylic acids is 1. The van der Waals surface area contributed by atoms with E-state index in [-0.39, 0.29) is 18.0 Å². The van der Waals surface area contributed by atoms with Crippen LogP contribution in [0.1, 0.15) is 38.3 Å². The van der Waals surface area contributed by atoms with E-state index in [2.05, 4.69) is 0 Å². The zero-order chi connectivity index (χ0) is 23.4. The molecule has 3 aromatic rings. The molecule has 1 aromatic heterocycles. The number of carboxylic acids is 1. The van der Waals surface area contributed by atoms with Crippen LogP contribution in [-0.2, 0) is 9.59 Å². The molecule has 0 aliphatic heterocycles. The number of pyridine rings is 1. The van der Waals surface area contributed by atoms with E-state index in [4.69, 9.17) is 5.11 Å². The number of carbonyl (C=O) groups is 2. The molecule has 3 rings (SSSR count). The van der Waals surface area contributed by atoms with Gasteiger partial charge in [0, 0.05) is 23.4 Å². The molecule has 0 amide bonds. The minimum atomic E-state index is -1.25. The van der Waals surface area contributed by atoms with Gasteiger partial charge in [-0.3, -0.25) is 14.4 Å². The smallest absolute Gasteiger partial charge is 0.310 e. The summed E-state index contributed by atoms with van der Waals surface area (Å²) in [5.74, 6) is -2.25. The van der Waals surface area contributed by atoms with E-state index >= 15 is 0 Å². The van der Waals surface area contributed by atoms with Crippen LogP contribution in [-0.4, -0.2) is 32.6 Å². The molecule has 6 nitrogen and oxygen atoms in total. The van der Waals surface area contributed by atoms with Crippen LogP contribution in [0.4, 0.5) is 4.39 Å². The number of hydrogen-bond donors (Lipinski definition) is 2. The van der Waals surface area contributed by atoms with Gasteiger partial charge < -0.3 is 14.8 Å². The Kier molecular flexibility index (Phi) is 7.00. The number of rotatable bonds is 8. The average molecular weight is 437 g/mol. The third-order valence-corrected chi connectivity index (χ3v) is 5.07. The summed E-state index contributed by atoms with van der Waals surface area (Å²) in [6.45, 7) is 3.74. The summed E-state index contributed by atoms with van der Waals surface area (Å²) < 4.78 is 15.2. The predicted octanol–water partition coefficient (Wildman–Crippen LogP) is 4.20. The molecular formula is C25H24FNO5. The maximum atomic E-state index is 13.6. The Morgan fingerprint density at radius 1 is 1.06 bits per heavy atom. The third kappa shape index (κ3) is 5.00. The molecule has 0 spiro atoms. The number of ketones is 1. The van der Waals surface area contributed by atoms with Crippen molar-refractivity contribution in [3.8, 4) is 11.3 Å². The van der Waals surface area contributed by atoms with Gasteiger partial charge in [0.05, 0.1) is 11.8 Å². The van der Waals surface area contributed by atoms with Gasteiger partial charge in [0.2, 0.25) is 0 Å². The summed E-state index contributed by atoms with van der Waals surface area (Å²) in [5.41, 5.74) is 1.62. The first-order chi connectivity index (χ1) is 15.2. The fraction of sp³-hybridized carbons (Fsp3) is 0.240. The largest absolute Gasteiger partial charge is 0.481 e. The first kappa shape index (κ1) is 23.1. The molecule has 1 heterocycles. The molecule has 7 heteroatoms. The van der Waals surface area contributed by atoms with Crippen molar-refractivity contribution in [2.24, 2.45) is 0 Å². The quantitative estimate of drug-likeness (QED) is 0.515. The highest BCUT2D eigenvalue weighted by molar-refractivity contribution is 5.96. The zero-order valence-corrected chi connectivity index (χ0v) is 17.8. The highest BCUT2D eigenvalue weighted by Crippen LogP contribution is 2.32. The van der Waals surface area contributed by atoms with Crippen molar-refractivity contribution in [1.82, 2.24) is 4.57 Å². The molecule has 0 aliphatic carbocycles. The minimum Gasteiger partial charge on any atom is -0.481 e. The van der Waals surface area contributed by atoms with Gasteiger partial charge in [-0.2, -0.15) is 0 Å². The summed E-state index contributed by atoms with van der Waals surface area (Å²) in [4.78, 5) is 35.7. The summed E-state index contributed by atoms with van der Waals surface area (Å²) >= 11 is 0. The molecule has 0 saturated carbocycles. The molecule has 0 radical (unpaired) electrons. The van der Waals surface area contributed by atoms with Gasteiger partial charge in [-0.25, -0.2) is 4.39 Å². The normalized spacial score (nSPS) is 12.5. The third-order valence-electron chi connectivity index (χ3n) is 5.07. The summed E-state index contributed by atoms with van der Waals surface area (Å²) in [6.07, 6.45) is 0.839. The monoisotopic (exact) mass is 437 g/mol. The van der Waals surface area contributed by atoms with E-state index < -0.39 is 30.1 Å². The van der Waals surface area contributed by atoms with Crippen LogP contribution in [0.5, 0.6) is 0 Å². The zero-order valence-electron chi connectivity index (χ0n) is 17.8.